The highest BCUT2D eigenvalue weighted by atomic mass is 15.3. The average Bonchev–Trinajstić information content (AvgIpc) is 2.67. The number of nitrogens with zero attached hydrogens (tertiary/aromatic N) is 2. The molecule has 0 amide bonds. The number of rotatable bonds is 4. The first-order chi connectivity index (χ1) is 9.04. The average molecular weight is 257 g/mol. The maximum atomic E-state index is 5.73. The van der Waals surface area contributed by atoms with Crippen LogP contribution in [0.3, 0.4) is 0 Å². The molecule has 1 aromatic carbocycles. The summed E-state index contributed by atoms with van der Waals surface area (Å²) in [7, 11) is 0. The number of benzene rings is 1. The van der Waals surface area contributed by atoms with Crippen molar-refractivity contribution < 1.29 is 0 Å². The van der Waals surface area contributed by atoms with Gasteiger partial charge < -0.3 is 5.73 Å². The van der Waals surface area contributed by atoms with Gasteiger partial charge in [0.2, 0.25) is 0 Å². The predicted molar refractivity (Wildman–Crippen MR) is 79.7 cm³/mol. The molecule has 1 heterocycles. The molecule has 1 atom stereocenters. The Bertz CT molecular complexity index is 569. The number of aromatic nitrogens is 2. The molecule has 0 aliphatic rings. The third-order valence-electron chi connectivity index (χ3n) is 3.74. The lowest BCUT2D eigenvalue weighted by molar-refractivity contribution is 0.589. The van der Waals surface area contributed by atoms with Crippen LogP contribution >= 0.6 is 0 Å². The molecule has 2 rings (SSSR count). The van der Waals surface area contributed by atoms with E-state index in [0.29, 0.717) is 12.5 Å². The first kappa shape index (κ1) is 13.8. The Morgan fingerprint density at radius 2 is 1.89 bits per heavy atom. The van der Waals surface area contributed by atoms with Crippen LogP contribution in [0.25, 0.3) is 5.69 Å². The van der Waals surface area contributed by atoms with Crippen molar-refractivity contribution in [3.05, 3.63) is 46.8 Å². The Balaban J connectivity index is 2.44. The summed E-state index contributed by atoms with van der Waals surface area (Å²) in [6, 6.07) is 8.35. The Morgan fingerprint density at radius 1 is 1.21 bits per heavy atom. The van der Waals surface area contributed by atoms with Crippen LogP contribution in [0.4, 0.5) is 0 Å². The van der Waals surface area contributed by atoms with Gasteiger partial charge >= 0.3 is 0 Å². The van der Waals surface area contributed by atoms with Gasteiger partial charge in [-0.05, 0) is 56.8 Å². The maximum Gasteiger partial charge on any atom is 0.0678 e. The van der Waals surface area contributed by atoms with E-state index >= 15 is 0 Å². The second-order valence-corrected chi connectivity index (χ2v) is 5.39. The van der Waals surface area contributed by atoms with Gasteiger partial charge in [0.15, 0.2) is 0 Å². The highest BCUT2D eigenvalue weighted by molar-refractivity contribution is 5.42. The molecule has 3 nitrogen and oxygen atoms in total. The summed E-state index contributed by atoms with van der Waals surface area (Å²) in [5, 5.41) is 4.70. The van der Waals surface area contributed by atoms with Crippen LogP contribution in [0.15, 0.2) is 24.3 Å². The zero-order valence-corrected chi connectivity index (χ0v) is 12.3. The van der Waals surface area contributed by atoms with Crippen molar-refractivity contribution in [2.45, 2.75) is 34.1 Å². The molecular weight excluding hydrogens is 234 g/mol. The number of hydrogen-bond donors (Lipinski definition) is 1. The lowest BCUT2D eigenvalue weighted by Gasteiger charge is -2.10. The molecule has 0 saturated heterocycles. The molecule has 0 bridgehead atoms. The van der Waals surface area contributed by atoms with E-state index in [1.165, 1.54) is 16.8 Å². The Morgan fingerprint density at radius 3 is 2.53 bits per heavy atom. The van der Waals surface area contributed by atoms with E-state index in [1.54, 1.807) is 0 Å². The number of nitrogens with two attached hydrogens (primary N) is 1. The fraction of sp³-hybridized carbons (Fsp3) is 0.438. The highest BCUT2D eigenvalue weighted by Crippen LogP contribution is 2.22. The van der Waals surface area contributed by atoms with Gasteiger partial charge in [0.25, 0.3) is 0 Å². The summed E-state index contributed by atoms with van der Waals surface area (Å²) < 4.78 is 2.06. The largest absolute Gasteiger partial charge is 0.330 e. The molecule has 1 unspecified atom stereocenters. The summed E-state index contributed by atoms with van der Waals surface area (Å²) in [6.07, 6.45) is 1.00. The monoisotopic (exact) mass is 257 g/mol. The van der Waals surface area contributed by atoms with Crippen LogP contribution in [-0.4, -0.2) is 16.3 Å². The molecule has 19 heavy (non-hydrogen) atoms. The molecule has 0 aliphatic heterocycles. The van der Waals surface area contributed by atoms with Gasteiger partial charge in [0, 0.05) is 5.69 Å². The molecule has 0 aliphatic carbocycles. The minimum absolute atomic E-state index is 0.493. The van der Waals surface area contributed by atoms with Crippen LogP contribution < -0.4 is 5.73 Å². The van der Waals surface area contributed by atoms with Crippen LogP contribution in [0, 0.1) is 26.7 Å². The summed E-state index contributed by atoms with van der Waals surface area (Å²) in [6.45, 7) is 9.25. The van der Waals surface area contributed by atoms with E-state index in [4.69, 9.17) is 10.8 Å². The summed E-state index contributed by atoms with van der Waals surface area (Å²) in [5.74, 6) is 0.493. The zero-order chi connectivity index (χ0) is 14.0. The first-order valence-corrected chi connectivity index (χ1v) is 6.85. The van der Waals surface area contributed by atoms with Gasteiger partial charge in [-0.2, -0.15) is 5.10 Å². The van der Waals surface area contributed by atoms with Gasteiger partial charge in [-0.25, -0.2) is 4.68 Å². The minimum Gasteiger partial charge on any atom is -0.330 e. The first-order valence-electron chi connectivity index (χ1n) is 6.85. The highest BCUT2D eigenvalue weighted by Gasteiger charge is 2.15. The summed E-state index contributed by atoms with van der Waals surface area (Å²) >= 11 is 0. The van der Waals surface area contributed by atoms with E-state index in [-0.39, 0.29) is 0 Å². The molecule has 102 valence electrons. The third kappa shape index (κ3) is 2.71. The summed E-state index contributed by atoms with van der Waals surface area (Å²) in [5.41, 5.74) is 11.8. The van der Waals surface area contributed by atoms with Crippen molar-refractivity contribution in [2.24, 2.45) is 11.7 Å². The topological polar surface area (TPSA) is 43.8 Å². The molecule has 0 fully saturated rings. The van der Waals surface area contributed by atoms with Crippen LogP contribution in [0.2, 0.25) is 0 Å². The van der Waals surface area contributed by atoms with Crippen molar-refractivity contribution in [1.82, 2.24) is 9.78 Å². The Hall–Kier alpha value is -1.61. The van der Waals surface area contributed by atoms with Crippen LogP contribution in [0.1, 0.15) is 29.4 Å². The molecule has 1 aromatic heterocycles. The number of aryl methyl sites for hydroxylation is 2. The molecular formula is C16H23N3. The minimum atomic E-state index is 0.493. The third-order valence-corrected chi connectivity index (χ3v) is 3.74. The van der Waals surface area contributed by atoms with Gasteiger partial charge in [-0.3, -0.25) is 0 Å². The quantitative estimate of drug-likeness (QED) is 0.915. The molecule has 2 aromatic rings. The molecule has 2 N–H and O–H groups in total. The molecule has 0 spiro atoms. The predicted octanol–water partition coefficient (Wildman–Crippen LogP) is 2.93. The Labute approximate surface area is 115 Å². The van der Waals surface area contributed by atoms with Gasteiger partial charge in [-0.15, -0.1) is 0 Å². The zero-order valence-electron chi connectivity index (χ0n) is 12.3. The number of para-hydroxylation sites is 1. The number of hydrogen-bond acceptors (Lipinski definition) is 2. The van der Waals surface area contributed by atoms with Crippen LogP contribution in [0.5, 0.6) is 0 Å². The molecule has 3 heteroatoms. The van der Waals surface area contributed by atoms with E-state index in [1.807, 2.05) is 0 Å². The Kier molecular flexibility index (Phi) is 4.05. The maximum absolute atomic E-state index is 5.73. The molecule has 0 saturated carbocycles. The lowest BCUT2D eigenvalue weighted by Crippen LogP contribution is -2.14. The van der Waals surface area contributed by atoms with E-state index in [9.17, 15) is 0 Å². The van der Waals surface area contributed by atoms with Crippen molar-refractivity contribution in [3.63, 3.8) is 0 Å². The van der Waals surface area contributed by atoms with Crippen molar-refractivity contribution >= 4 is 0 Å². The van der Waals surface area contributed by atoms with E-state index < -0.39 is 0 Å². The second kappa shape index (κ2) is 5.57. The van der Waals surface area contributed by atoms with Crippen molar-refractivity contribution in [1.29, 1.82) is 0 Å². The van der Waals surface area contributed by atoms with E-state index in [0.717, 1.165) is 17.8 Å². The van der Waals surface area contributed by atoms with Crippen LogP contribution in [-0.2, 0) is 6.42 Å². The fourth-order valence-electron chi connectivity index (χ4n) is 2.44. The lowest BCUT2D eigenvalue weighted by atomic mass is 10.00. The smallest absolute Gasteiger partial charge is 0.0678 e. The van der Waals surface area contributed by atoms with Crippen molar-refractivity contribution in [2.75, 3.05) is 6.54 Å². The SMILES string of the molecule is Cc1ccccc1-n1nc(C)c(CC(C)CN)c1C. The van der Waals surface area contributed by atoms with E-state index in [2.05, 4.69) is 56.6 Å². The standard InChI is InChI=1S/C16H23N3/c1-11(10-17)9-15-13(3)18-19(14(15)4)16-8-6-5-7-12(16)2/h5-8,11H,9-10,17H2,1-4H3. The fourth-order valence-corrected chi connectivity index (χ4v) is 2.44. The molecule has 0 radical (unpaired) electrons. The normalized spacial score (nSPS) is 12.7. The van der Waals surface area contributed by atoms with Gasteiger partial charge in [-0.1, -0.05) is 25.1 Å². The second-order valence-electron chi connectivity index (χ2n) is 5.39. The van der Waals surface area contributed by atoms with Gasteiger partial charge in [0.1, 0.15) is 0 Å². The summed E-state index contributed by atoms with van der Waals surface area (Å²) in [4.78, 5) is 0. The van der Waals surface area contributed by atoms with Gasteiger partial charge in [0.05, 0.1) is 11.4 Å². The van der Waals surface area contributed by atoms with Crippen molar-refractivity contribution in [3.8, 4) is 5.69 Å².